The Morgan fingerprint density at radius 2 is 1.72 bits per heavy atom. The average Bonchev–Trinajstić information content (AvgIpc) is 2.29. The molecule has 2 saturated heterocycles. The molecule has 0 aromatic carbocycles. The summed E-state index contributed by atoms with van der Waals surface area (Å²) in [5.74, 6) is 0. The molecule has 0 saturated carbocycles. The van der Waals surface area contributed by atoms with Crippen molar-refractivity contribution in [3.63, 3.8) is 0 Å². The number of rotatable bonds is 3. The van der Waals surface area contributed by atoms with Crippen LogP contribution in [0.4, 0.5) is 0 Å². The van der Waals surface area contributed by atoms with Crippen molar-refractivity contribution in [2.45, 2.75) is 18.4 Å². The average molecular weight is 277 g/mol. The molecule has 106 valence electrons. The van der Waals surface area contributed by atoms with E-state index in [0.29, 0.717) is 13.1 Å². The van der Waals surface area contributed by atoms with Crippen LogP contribution in [-0.4, -0.2) is 75.4 Å². The summed E-state index contributed by atoms with van der Waals surface area (Å²) in [6.07, 6.45) is 3.05. The molecule has 0 aromatic heterocycles. The van der Waals surface area contributed by atoms with Crippen LogP contribution in [0.5, 0.6) is 0 Å². The van der Waals surface area contributed by atoms with Gasteiger partial charge in [0.2, 0.25) is 10.0 Å². The van der Waals surface area contributed by atoms with Crippen LogP contribution in [0, 0.1) is 0 Å². The highest BCUT2D eigenvalue weighted by Crippen LogP contribution is 2.20. The third-order valence-electron chi connectivity index (χ3n) is 3.83. The first-order valence-corrected chi connectivity index (χ1v) is 8.28. The Morgan fingerprint density at radius 3 is 2.22 bits per heavy atom. The zero-order valence-electron chi connectivity index (χ0n) is 11.0. The van der Waals surface area contributed by atoms with Gasteiger partial charge >= 0.3 is 0 Å². The number of ether oxygens (including phenoxy) is 1. The maximum absolute atomic E-state index is 11.4. The van der Waals surface area contributed by atoms with Crippen molar-refractivity contribution in [2.24, 2.45) is 5.73 Å². The molecular weight excluding hydrogens is 254 g/mol. The highest BCUT2D eigenvalue weighted by molar-refractivity contribution is 7.88. The minimum Gasteiger partial charge on any atom is -0.381 e. The third-order valence-corrected chi connectivity index (χ3v) is 5.13. The second-order valence-electron chi connectivity index (χ2n) is 5.41. The molecule has 0 radical (unpaired) electrons. The Hall–Kier alpha value is -0.210. The van der Waals surface area contributed by atoms with Crippen molar-refractivity contribution in [2.75, 3.05) is 52.2 Å². The predicted molar refractivity (Wildman–Crippen MR) is 69.8 cm³/mol. The lowest BCUT2D eigenvalue weighted by Crippen LogP contribution is -2.57. The summed E-state index contributed by atoms with van der Waals surface area (Å²) in [4.78, 5) is 2.27. The first-order chi connectivity index (χ1) is 8.39. The second kappa shape index (κ2) is 5.42. The molecule has 2 rings (SSSR count). The molecule has 0 unspecified atom stereocenters. The largest absolute Gasteiger partial charge is 0.381 e. The molecule has 0 amide bonds. The van der Waals surface area contributed by atoms with Gasteiger partial charge in [0.1, 0.15) is 0 Å². The zero-order chi connectivity index (χ0) is 13.2. The second-order valence-corrected chi connectivity index (χ2v) is 7.40. The van der Waals surface area contributed by atoms with E-state index in [-0.39, 0.29) is 5.54 Å². The molecule has 0 atom stereocenters. The number of piperazine rings is 1. The number of hydrogen-bond acceptors (Lipinski definition) is 5. The fourth-order valence-corrected chi connectivity index (χ4v) is 3.43. The Labute approximate surface area is 109 Å². The van der Waals surface area contributed by atoms with Crippen LogP contribution >= 0.6 is 0 Å². The standard InChI is InChI=1S/C11H23N3O3S/c1-18(15,16)14-6-4-13(5-7-14)10-11(12)2-8-17-9-3-11/h2-10,12H2,1H3. The molecule has 7 heteroatoms. The van der Waals surface area contributed by atoms with Crippen LogP contribution in [-0.2, 0) is 14.8 Å². The van der Waals surface area contributed by atoms with E-state index in [1.807, 2.05) is 0 Å². The van der Waals surface area contributed by atoms with Crippen molar-refractivity contribution in [3.8, 4) is 0 Å². The smallest absolute Gasteiger partial charge is 0.211 e. The third kappa shape index (κ3) is 3.64. The predicted octanol–water partition coefficient (Wildman–Crippen LogP) is -0.928. The monoisotopic (exact) mass is 277 g/mol. The van der Waals surface area contributed by atoms with Gasteiger partial charge in [-0.25, -0.2) is 8.42 Å². The van der Waals surface area contributed by atoms with Gasteiger partial charge in [0.15, 0.2) is 0 Å². The lowest BCUT2D eigenvalue weighted by Gasteiger charge is -2.41. The van der Waals surface area contributed by atoms with Gasteiger partial charge in [0.25, 0.3) is 0 Å². The Balaban J connectivity index is 1.83. The van der Waals surface area contributed by atoms with Crippen LogP contribution in [0.15, 0.2) is 0 Å². The van der Waals surface area contributed by atoms with Gasteiger partial charge in [-0.2, -0.15) is 4.31 Å². The van der Waals surface area contributed by atoms with Gasteiger partial charge in [-0.1, -0.05) is 0 Å². The maximum Gasteiger partial charge on any atom is 0.211 e. The summed E-state index contributed by atoms with van der Waals surface area (Å²) in [7, 11) is -3.04. The van der Waals surface area contributed by atoms with Crippen LogP contribution in [0.1, 0.15) is 12.8 Å². The first kappa shape index (κ1) is 14.2. The lowest BCUT2D eigenvalue weighted by atomic mass is 9.90. The number of nitrogens with zero attached hydrogens (tertiary/aromatic N) is 2. The topological polar surface area (TPSA) is 75.9 Å². The molecule has 2 aliphatic heterocycles. The Morgan fingerprint density at radius 1 is 1.17 bits per heavy atom. The van der Waals surface area contributed by atoms with Crippen molar-refractivity contribution < 1.29 is 13.2 Å². The Kier molecular flexibility index (Phi) is 4.28. The fourth-order valence-electron chi connectivity index (χ4n) is 2.60. The van der Waals surface area contributed by atoms with E-state index in [2.05, 4.69) is 4.90 Å². The van der Waals surface area contributed by atoms with Gasteiger partial charge in [-0.15, -0.1) is 0 Å². The molecule has 2 fully saturated rings. The summed E-state index contributed by atoms with van der Waals surface area (Å²) >= 11 is 0. The normalized spacial score (nSPS) is 27.2. The maximum atomic E-state index is 11.4. The number of nitrogens with two attached hydrogens (primary N) is 1. The van der Waals surface area contributed by atoms with Crippen molar-refractivity contribution in [1.82, 2.24) is 9.21 Å². The number of hydrogen-bond donors (Lipinski definition) is 1. The summed E-state index contributed by atoms with van der Waals surface area (Å²) in [5.41, 5.74) is 6.20. The SMILES string of the molecule is CS(=O)(=O)N1CCN(CC2(N)CCOCC2)CC1. The fraction of sp³-hybridized carbons (Fsp3) is 1.00. The molecule has 0 spiro atoms. The van der Waals surface area contributed by atoms with E-state index in [4.69, 9.17) is 10.5 Å². The highest BCUT2D eigenvalue weighted by atomic mass is 32.2. The molecule has 0 aromatic rings. The van der Waals surface area contributed by atoms with E-state index in [9.17, 15) is 8.42 Å². The van der Waals surface area contributed by atoms with E-state index in [0.717, 1.165) is 45.7 Å². The van der Waals surface area contributed by atoms with Crippen LogP contribution < -0.4 is 5.73 Å². The van der Waals surface area contributed by atoms with Crippen LogP contribution in [0.25, 0.3) is 0 Å². The molecular formula is C11H23N3O3S. The van der Waals surface area contributed by atoms with Crippen molar-refractivity contribution in [1.29, 1.82) is 0 Å². The van der Waals surface area contributed by atoms with Gasteiger partial charge in [0.05, 0.1) is 6.26 Å². The lowest BCUT2D eigenvalue weighted by molar-refractivity contribution is 0.0329. The summed E-state index contributed by atoms with van der Waals surface area (Å²) in [6, 6.07) is 0. The minimum atomic E-state index is -3.04. The van der Waals surface area contributed by atoms with Gasteiger partial charge in [0, 0.05) is 51.5 Å². The Bertz CT molecular complexity index is 371. The molecule has 6 nitrogen and oxygen atoms in total. The molecule has 2 aliphatic rings. The molecule has 18 heavy (non-hydrogen) atoms. The minimum absolute atomic E-state index is 0.161. The highest BCUT2D eigenvalue weighted by Gasteiger charge is 2.32. The van der Waals surface area contributed by atoms with E-state index in [1.54, 1.807) is 0 Å². The van der Waals surface area contributed by atoms with Gasteiger partial charge in [-0.05, 0) is 12.8 Å². The van der Waals surface area contributed by atoms with Crippen LogP contribution in [0.3, 0.4) is 0 Å². The van der Waals surface area contributed by atoms with E-state index >= 15 is 0 Å². The van der Waals surface area contributed by atoms with Gasteiger partial charge < -0.3 is 10.5 Å². The summed E-state index contributed by atoms with van der Waals surface area (Å²) < 4.78 is 29.7. The first-order valence-electron chi connectivity index (χ1n) is 6.43. The summed E-state index contributed by atoms with van der Waals surface area (Å²) in [6.45, 7) is 5.00. The van der Waals surface area contributed by atoms with Crippen LogP contribution in [0.2, 0.25) is 0 Å². The molecule has 2 heterocycles. The van der Waals surface area contributed by atoms with E-state index in [1.165, 1.54) is 10.6 Å². The summed E-state index contributed by atoms with van der Waals surface area (Å²) in [5, 5.41) is 0. The van der Waals surface area contributed by atoms with Crippen molar-refractivity contribution in [3.05, 3.63) is 0 Å². The van der Waals surface area contributed by atoms with Gasteiger partial charge in [-0.3, -0.25) is 4.90 Å². The number of sulfonamides is 1. The molecule has 0 aliphatic carbocycles. The van der Waals surface area contributed by atoms with Crippen molar-refractivity contribution >= 4 is 10.0 Å². The quantitative estimate of drug-likeness (QED) is 0.721. The molecule has 2 N–H and O–H groups in total. The zero-order valence-corrected chi connectivity index (χ0v) is 11.8. The van der Waals surface area contributed by atoms with E-state index < -0.39 is 10.0 Å². The molecule has 0 bridgehead atoms.